The first-order valence-corrected chi connectivity index (χ1v) is 16.1. The summed E-state index contributed by atoms with van der Waals surface area (Å²) >= 11 is 6.19. The Labute approximate surface area is 259 Å². The first-order chi connectivity index (χ1) is 20.3. The van der Waals surface area contributed by atoms with Gasteiger partial charge in [-0.1, -0.05) is 99.1 Å². The van der Waals surface area contributed by atoms with E-state index in [9.17, 15) is 18.0 Å². The molecule has 0 radical (unpaired) electrons. The van der Waals surface area contributed by atoms with Crippen LogP contribution in [-0.2, 0) is 30.8 Å². The molecule has 228 valence electrons. The summed E-state index contributed by atoms with van der Waals surface area (Å²) in [5, 5.41) is 3.32. The summed E-state index contributed by atoms with van der Waals surface area (Å²) in [4.78, 5) is 25.3. The summed E-state index contributed by atoms with van der Waals surface area (Å²) in [7, 11) is -3.96. The highest BCUT2D eigenvalue weighted by Crippen LogP contribution is 2.46. The van der Waals surface area contributed by atoms with Gasteiger partial charge in [-0.2, -0.15) is 4.31 Å². The van der Waals surface area contributed by atoms with Gasteiger partial charge in [0.2, 0.25) is 15.9 Å². The molecule has 3 aromatic rings. The molecule has 0 aliphatic carbocycles. The van der Waals surface area contributed by atoms with Crippen molar-refractivity contribution >= 4 is 33.3 Å². The highest BCUT2D eigenvalue weighted by molar-refractivity contribution is 7.89. The first kappa shape index (κ1) is 32.6. The van der Waals surface area contributed by atoms with E-state index < -0.39 is 39.5 Å². The van der Waals surface area contributed by atoms with Crippen LogP contribution < -0.4 is 5.32 Å². The molecular formula is C34H39ClN2O5S. The zero-order valence-electron chi connectivity index (χ0n) is 25.2. The molecule has 1 amide bonds. The minimum absolute atomic E-state index is 0.0243. The highest BCUT2D eigenvalue weighted by atomic mass is 35.5. The molecule has 1 unspecified atom stereocenters. The number of ether oxygens (including phenoxy) is 1. The van der Waals surface area contributed by atoms with Crippen molar-refractivity contribution in [3.8, 4) is 0 Å². The average molecular weight is 623 g/mol. The Morgan fingerprint density at radius 2 is 1.60 bits per heavy atom. The molecule has 1 heterocycles. The normalized spacial score (nSPS) is 18.2. The van der Waals surface area contributed by atoms with Gasteiger partial charge < -0.3 is 10.1 Å². The van der Waals surface area contributed by atoms with E-state index in [0.717, 1.165) is 16.7 Å². The molecule has 0 bridgehead atoms. The van der Waals surface area contributed by atoms with Gasteiger partial charge in [0.05, 0.1) is 23.6 Å². The van der Waals surface area contributed by atoms with E-state index in [1.807, 2.05) is 75.4 Å². The molecule has 3 aromatic carbocycles. The fraction of sp³-hybridized carbons (Fsp3) is 0.353. The topological polar surface area (TPSA) is 92.8 Å². The third kappa shape index (κ3) is 7.81. The number of sulfonamides is 1. The van der Waals surface area contributed by atoms with Crippen LogP contribution in [0, 0.1) is 12.3 Å². The molecule has 0 aromatic heterocycles. The van der Waals surface area contributed by atoms with Crippen molar-refractivity contribution in [2.75, 3.05) is 13.2 Å². The lowest BCUT2D eigenvalue weighted by molar-refractivity contribution is -0.129. The SMILES string of the molecule is CC(=O)[C@H](Cc1ccccc1)NC(=O)COCC1=C[C@@H](C(C)(C)C)N(S(=O)(=O)c2ccccc2C)C1c1ccc(Cl)cc1. The van der Waals surface area contributed by atoms with Gasteiger partial charge in [0.1, 0.15) is 6.61 Å². The number of hydrogen-bond acceptors (Lipinski definition) is 5. The van der Waals surface area contributed by atoms with Gasteiger partial charge in [0.15, 0.2) is 5.78 Å². The van der Waals surface area contributed by atoms with Crippen LogP contribution in [0.3, 0.4) is 0 Å². The van der Waals surface area contributed by atoms with Crippen LogP contribution in [0.25, 0.3) is 0 Å². The van der Waals surface area contributed by atoms with Crippen molar-refractivity contribution in [3.63, 3.8) is 0 Å². The molecule has 0 saturated carbocycles. The van der Waals surface area contributed by atoms with Gasteiger partial charge in [0, 0.05) is 11.1 Å². The second-order valence-corrected chi connectivity index (χ2v) is 14.3. The zero-order valence-corrected chi connectivity index (χ0v) is 26.8. The van der Waals surface area contributed by atoms with Gasteiger partial charge in [-0.05, 0) is 66.1 Å². The van der Waals surface area contributed by atoms with Crippen molar-refractivity contribution in [3.05, 3.63) is 112 Å². The van der Waals surface area contributed by atoms with Crippen LogP contribution in [0.15, 0.2) is 95.4 Å². The molecule has 7 nitrogen and oxygen atoms in total. The molecule has 43 heavy (non-hydrogen) atoms. The number of hydrogen-bond donors (Lipinski definition) is 1. The van der Waals surface area contributed by atoms with Crippen molar-refractivity contribution in [1.29, 1.82) is 0 Å². The Kier molecular flexibility index (Phi) is 10.3. The number of carbonyl (C=O) groups excluding carboxylic acids is 2. The highest BCUT2D eigenvalue weighted by Gasteiger charge is 2.48. The van der Waals surface area contributed by atoms with Crippen molar-refractivity contribution in [2.45, 2.75) is 64.1 Å². The predicted octanol–water partition coefficient (Wildman–Crippen LogP) is 6.07. The Balaban J connectivity index is 1.59. The summed E-state index contributed by atoms with van der Waals surface area (Å²) in [5.41, 5.74) is 2.61. The van der Waals surface area contributed by atoms with Gasteiger partial charge in [-0.15, -0.1) is 0 Å². The molecule has 1 aliphatic rings. The lowest BCUT2D eigenvalue weighted by Crippen LogP contribution is -2.45. The second-order valence-electron chi connectivity index (χ2n) is 12.0. The van der Waals surface area contributed by atoms with E-state index in [2.05, 4.69) is 5.32 Å². The number of Topliss-reactive ketones (excluding diaryl/α,β-unsaturated/α-hetero) is 1. The van der Waals surface area contributed by atoms with Crippen LogP contribution in [0.1, 0.15) is 50.4 Å². The molecule has 0 saturated heterocycles. The maximum absolute atomic E-state index is 14.4. The van der Waals surface area contributed by atoms with Crippen molar-refractivity contribution in [1.82, 2.24) is 9.62 Å². The van der Waals surface area contributed by atoms with Crippen LogP contribution >= 0.6 is 11.6 Å². The van der Waals surface area contributed by atoms with Gasteiger partial charge in [-0.3, -0.25) is 9.59 Å². The molecule has 3 atom stereocenters. The molecule has 0 fully saturated rings. The number of rotatable bonds is 11. The molecule has 4 rings (SSSR count). The van der Waals surface area contributed by atoms with Gasteiger partial charge in [0.25, 0.3) is 0 Å². The number of nitrogens with zero attached hydrogens (tertiary/aromatic N) is 1. The Morgan fingerprint density at radius 1 is 0.977 bits per heavy atom. The third-order valence-electron chi connectivity index (χ3n) is 7.58. The number of carbonyl (C=O) groups is 2. The lowest BCUT2D eigenvalue weighted by atomic mass is 9.87. The lowest BCUT2D eigenvalue weighted by Gasteiger charge is -2.37. The first-order valence-electron chi connectivity index (χ1n) is 14.3. The minimum Gasteiger partial charge on any atom is -0.367 e. The van der Waals surface area contributed by atoms with Crippen molar-refractivity contribution in [2.24, 2.45) is 5.41 Å². The third-order valence-corrected chi connectivity index (χ3v) is 9.84. The quantitative estimate of drug-likeness (QED) is 0.262. The Hall–Kier alpha value is -3.30. The number of benzene rings is 3. The number of nitrogens with one attached hydrogen (secondary N) is 1. The predicted molar refractivity (Wildman–Crippen MR) is 169 cm³/mol. The maximum atomic E-state index is 14.4. The second kappa shape index (κ2) is 13.6. The average Bonchev–Trinajstić information content (AvgIpc) is 3.35. The van der Waals surface area contributed by atoms with E-state index in [4.69, 9.17) is 16.3 Å². The van der Waals surface area contributed by atoms with E-state index in [0.29, 0.717) is 17.0 Å². The zero-order chi connectivity index (χ0) is 31.4. The van der Waals surface area contributed by atoms with Crippen LogP contribution in [0.5, 0.6) is 0 Å². The summed E-state index contributed by atoms with van der Waals surface area (Å²) in [5.74, 6) is -0.571. The summed E-state index contributed by atoms with van der Waals surface area (Å²) in [6.07, 6.45) is 2.32. The fourth-order valence-electron chi connectivity index (χ4n) is 5.35. The van der Waals surface area contributed by atoms with Gasteiger partial charge >= 0.3 is 0 Å². The standard InChI is InChI=1S/C34H39ClN2O5S/c1-23-11-9-10-14-30(23)43(40,41)37-31(34(3,4)5)20-27(33(37)26-15-17-28(35)18-16-26)21-42-22-32(39)36-29(24(2)38)19-25-12-7-6-8-13-25/h6-18,20,29,31,33H,19,21-22H2,1-5H3,(H,36,39)/t29-,31-,33?/m0/s1. The number of halogens is 1. The van der Waals surface area contributed by atoms with E-state index in [1.165, 1.54) is 6.92 Å². The number of ketones is 1. The Bertz CT molecular complexity index is 1580. The minimum atomic E-state index is -3.96. The molecular weight excluding hydrogens is 584 g/mol. The van der Waals surface area contributed by atoms with Gasteiger partial charge in [-0.25, -0.2) is 8.42 Å². The van der Waals surface area contributed by atoms with Crippen molar-refractivity contribution < 1.29 is 22.7 Å². The van der Waals surface area contributed by atoms with Crippen LogP contribution in [-0.4, -0.2) is 49.7 Å². The molecule has 9 heteroatoms. The Morgan fingerprint density at radius 3 is 2.21 bits per heavy atom. The summed E-state index contributed by atoms with van der Waals surface area (Å²) in [6, 6.07) is 21.7. The number of aryl methyl sites for hydroxylation is 1. The van der Waals surface area contributed by atoms with E-state index in [-0.39, 0.29) is 23.9 Å². The molecule has 0 spiro atoms. The smallest absolute Gasteiger partial charge is 0.246 e. The molecule has 1 aliphatic heterocycles. The summed E-state index contributed by atoms with van der Waals surface area (Å²) < 4.78 is 36.2. The largest absolute Gasteiger partial charge is 0.367 e. The monoisotopic (exact) mass is 622 g/mol. The summed E-state index contributed by atoms with van der Waals surface area (Å²) in [6.45, 7) is 8.97. The van der Waals surface area contributed by atoms with E-state index in [1.54, 1.807) is 41.6 Å². The molecule has 1 N–H and O–H groups in total. The maximum Gasteiger partial charge on any atom is 0.246 e. The number of amides is 1. The van der Waals surface area contributed by atoms with Crippen LogP contribution in [0.4, 0.5) is 0 Å². The van der Waals surface area contributed by atoms with E-state index >= 15 is 0 Å². The fourth-order valence-corrected chi connectivity index (χ4v) is 7.64. The van der Waals surface area contributed by atoms with Crippen LogP contribution in [0.2, 0.25) is 5.02 Å².